The maximum Gasteiger partial charge on any atom is 0.159 e. The maximum atomic E-state index is 10.6. The summed E-state index contributed by atoms with van der Waals surface area (Å²) >= 11 is 1.71. The third kappa shape index (κ3) is 52.9. The number of ketones is 3. The van der Waals surface area contributed by atoms with Gasteiger partial charge in [0.1, 0.15) is 11.6 Å². The van der Waals surface area contributed by atoms with Crippen molar-refractivity contribution >= 4 is 28.7 Å². The zero-order valence-corrected chi connectivity index (χ0v) is 20.0. The van der Waals surface area contributed by atoms with Crippen LogP contribution >= 0.6 is 11.3 Å². The zero-order chi connectivity index (χ0) is 23.6. The van der Waals surface area contributed by atoms with Gasteiger partial charge in [0.25, 0.3) is 0 Å². The van der Waals surface area contributed by atoms with Crippen LogP contribution in [0, 0.1) is 0 Å². The average Bonchev–Trinajstić information content (AvgIpc) is 3.31. The molecule has 0 amide bonds. The van der Waals surface area contributed by atoms with Gasteiger partial charge in [-0.15, -0.1) is 0 Å². The van der Waals surface area contributed by atoms with E-state index in [9.17, 15) is 14.4 Å². The number of hydrogen-bond donors (Lipinski definition) is 0. The normalized spacial score (nSPS) is 6.88. The van der Waals surface area contributed by atoms with E-state index in [1.807, 2.05) is 85.3 Å². The number of carbonyl (C=O) groups is 3. The number of benzene rings is 1. The Morgan fingerprint density at radius 3 is 1.09 bits per heavy atom. The summed E-state index contributed by atoms with van der Waals surface area (Å²) in [5, 5.41) is 4.08. The minimum Gasteiger partial charge on any atom is -0.300 e. The predicted molar refractivity (Wildman–Crippen MR) is 149 cm³/mol. The van der Waals surface area contributed by atoms with Crippen molar-refractivity contribution in [2.45, 2.75) is 70.7 Å². The highest BCUT2D eigenvalue weighted by molar-refractivity contribution is 7.07. The van der Waals surface area contributed by atoms with Gasteiger partial charge in [-0.25, -0.2) is 0 Å². The van der Waals surface area contributed by atoms with Gasteiger partial charge >= 0.3 is 0 Å². The Morgan fingerprint density at radius 1 is 0.606 bits per heavy atom. The van der Waals surface area contributed by atoms with Gasteiger partial charge in [-0.3, -0.25) is 9.78 Å². The molecule has 0 N–H and O–H groups in total. The Bertz CT molecular complexity index is 664. The van der Waals surface area contributed by atoms with E-state index >= 15 is 0 Å². The molecule has 0 unspecified atom stereocenters. The van der Waals surface area contributed by atoms with Crippen LogP contribution in [0.4, 0.5) is 0 Å². The highest BCUT2D eigenvalue weighted by atomic mass is 32.1. The van der Waals surface area contributed by atoms with Gasteiger partial charge in [0.2, 0.25) is 0 Å². The second kappa shape index (κ2) is 36.5. The molecule has 2 heterocycles. The van der Waals surface area contributed by atoms with Gasteiger partial charge in [0.15, 0.2) is 5.78 Å². The minimum absolute atomic E-state index is 0. The largest absolute Gasteiger partial charge is 0.300 e. The lowest BCUT2D eigenvalue weighted by Gasteiger charge is -1.89. The van der Waals surface area contributed by atoms with Crippen molar-refractivity contribution in [2.75, 3.05) is 0 Å². The lowest BCUT2D eigenvalue weighted by atomic mass is 10.2. The Labute approximate surface area is 208 Å². The molecule has 3 aromatic rings. The van der Waals surface area contributed by atoms with Crippen molar-refractivity contribution < 1.29 is 14.4 Å². The number of thiophene rings is 1. The summed E-state index contributed by atoms with van der Waals surface area (Å²) in [6.07, 6.45) is 3.50. The fourth-order valence-electron chi connectivity index (χ4n) is 1.21. The first-order valence-electron chi connectivity index (χ1n) is 9.59. The van der Waals surface area contributed by atoms with E-state index in [2.05, 4.69) is 4.98 Å². The molecule has 2 aromatic heterocycles. The summed E-state index contributed by atoms with van der Waals surface area (Å²) in [4.78, 5) is 33.3. The molecular formula is C28H47NO3S. The minimum atomic E-state index is 0. The highest BCUT2D eigenvalue weighted by Crippen LogP contribution is 1.97. The van der Waals surface area contributed by atoms with Crippen molar-refractivity contribution in [3.05, 3.63) is 89.4 Å². The van der Waals surface area contributed by atoms with Crippen LogP contribution in [-0.2, 0) is 9.59 Å². The number of hydrogen-bond acceptors (Lipinski definition) is 5. The summed E-state index contributed by atoms with van der Waals surface area (Å²) in [5.41, 5.74) is 0.775. The zero-order valence-electron chi connectivity index (χ0n) is 19.2. The lowest BCUT2D eigenvalue weighted by Crippen LogP contribution is -1.88. The first-order chi connectivity index (χ1) is 14.3. The SMILES string of the molecule is C.C.C.CC.CC(=O)c1ccccc1.CC(C)=O.CC(C)=O.c1ccncc1.c1ccsc1. The highest BCUT2D eigenvalue weighted by Gasteiger charge is 1.92. The number of Topliss-reactive ketones (excluding diaryl/α,β-unsaturated/α-hetero) is 3. The summed E-state index contributed by atoms with van der Waals surface area (Å²) in [5.74, 6) is 0.454. The van der Waals surface area contributed by atoms with Gasteiger partial charge in [0.05, 0.1) is 0 Å². The monoisotopic (exact) mass is 477 g/mol. The molecule has 0 bridgehead atoms. The summed E-state index contributed by atoms with van der Waals surface area (Å²) < 4.78 is 0. The number of nitrogens with zero attached hydrogens (tertiary/aromatic N) is 1. The number of pyridine rings is 1. The van der Waals surface area contributed by atoms with Crippen LogP contribution in [0.3, 0.4) is 0 Å². The molecule has 0 saturated heterocycles. The summed E-state index contributed by atoms with van der Waals surface area (Å²) in [6, 6.07) is 19.0. The molecule has 0 aliphatic heterocycles. The molecule has 188 valence electrons. The smallest absolute Gasteiger partial charge is 0.159 e. The topological polar surface area (TPSA) is 64.1 Å². The Balaban J connectivity index is -0.0000000685. The molecule has 0 spiro atoms. The van der Waals surface area contributed by atoms with E-state index in [1.54, 1.807) is 30.7 Å². The quantitative estimate of drug-likeness (QED) is 0.328. The number of aromatic nitrogens is 1. The van der Waals surface area contributed by atoms with Crippen LogP contribution in [-0.4, -0.2) is 22.3 Å². The fourth-order valence-corrected chi connectivity index (χ4v) is 1.67. The van der Waals surface area contributed by atoms with Crippen LogP contribution in [0.15, 0.2) is 83.8 Å². The molecular weight excluding hydrogens is 430 g/mol. The van der Waals surface area contributed by atoms with E-state index in [0.29, 0.717) is 0 Å². The molecule has 33 heavy (non-hydrogen) atoms. The summed E-state index contributed by atoms with van der Waals surface area (Å²) in [6.45, 7) is 11.7. The van der Waals surface area contributed by atoms with E-state index in [0.717, 1.165) is 5.56 Å². The van der Waals surface area contributed by atoms with E-state index in [1.165, 1.54) is 27.7 Å². The third-order valence-electron chi connectivity index (χ3n) is 2.17. The Hall–Kier alpha value is -2.92. The second-order valence-electron chi connectivity index (χ2n) is 5.56. The van der Waals surface area contributed by atoms with Crippen molar-refractivity contribution in [3.8, 4) is 0 Å². The Kier molecular flexibility index (Phi) is 48.5. The van der Waals surface area contributed by atoms with Crippen LogP contribution in [0.5, 0.6) is 0 Å². The first kappa shape index (κ1) is 43.9. The van der Waals surface area contributed by atoms with Crippen LogP contribution in [0.25, 0.3) is 0 Å². The molecule has 4 nitrogen and oxygen atoms in total. The molecule has 3 rings (SSSR count). The molecule has 5 heteroatoms. The molecule has 0 saturated carbocycles. The third-order valence-corrected chi connectivity index (χ3v) is 2.80. The van der Waals surface area contributed by atoms with Crippen molar-refractivity contribution in [2.24, 2.45) is 0 Å². The van der Waals surface area contributed by atoms with E-state index in [-0.39, 0.29) is 39.6 Å². The van der Waals surface area contributed by atoms with Crippen molar-refractivity contribution in [1.82, 2.24) is 4.98 Å². The maximum absolute atomic E-state index is 10.6. The number of rotatable bonds is 1. The van der Waals surface area contributed by atoms with Crippen LogP contribution in [0.2, 0.25) is 0 Å². The summed E-state index contributed by atoms with van der Waals surface area (Å²) in [7, 11) is 0. The second-order valence-corrected chi connectivity index (χ2v) is 6.37. The van der Waals surface area contributed by atoms with Crippen LogP contribution < -0.4 is 0 Å². The van der Waals surface area contributed by atoms with Gasteiger partial charge in [-0.05, 0) is 57.5 Å². The molecule has 0 aliphatic carbocycles. The van der Waals surface area contributed by atoms with E-state index in [4.69, 9.17) is 0 Å². The van der Waals surface area contributed by atoms with Crippen molar-refractivity contribution in [1.29, 1.82) is 0 Å². The van der Waals surface area contributed by atoms with Crippen LogP contribution in [0.1, 0.15) is 81.1 Å². The molecule has 0 radical (unpaired) electrons. The number of carbonyl (C=O) groups excluding carboxylic acids is 3. The lowest BCUT2D eigenvalue weighted by molar-refractivity contribution is -0.115. The fraction of sp³-hybridized carbons (Fsp3) is 0.357. The average molecular weight is 478 g/mol. The predicted octanol–water partition coefficient (Wildman–Crippen LogP) is 8.84. The van der Waals surface area contributed by atoms with Gasteiger partial charge in [0, 0.05) is 18.0 Å². The molecule has 1 aromatic carbocycles. The van der Waals surface area contributed by atoms with Gasteiger partial charge < -0.3 is 9.59 Å². The molecule has 0 atom stereocenters. The van der Waals surface area contributed by atoms with Gasteiger partial charge in [-0.2, -0.15) is 11.3 Å². The standard InChI is InChI=1S/C8H8O.C5H5N.C4H4S.2C3H6O.C2H6.3CH4/c1-7(9)8-5-3-2-4-6-8;1-2-4-6-5-3-1;1-2-4-5-3-1;2*1-3(2)4;1-2;;;/h2-6H,1H3;1-5H;1-4H;2*1-2H3;1-2H3;3*1H4. The van der Waals surface area contributed by atoms with E-state index < -0.39 is 0 Å². The molecule has 0 aliphatic rings. The van der Waals surface area contributed by atoms with Crippen molar-refractivity contribution in [3.63, 3.8) is 0 Å². The first-order valence-corrected chi connectivity index (χ1v) is 10.5. The molecule has 0 fully saturated rings. The van der Waals surface area contributed by atoms with Gasteiger partial charge in [-0.1, -0.05) is 84.7 Å². The Morgan fingerprint density at radius 2 is 0.939 bits per heavy atom.